The Bertz CT molecular complexity index is 826. The molecule has 1 atom stereocenters. The summed E-state index contributed by atoms with van der Waals surface area (Å²) in [5.41, 5.74) is 6.17. The second kappa shape index (κ2) is 8.28. The van der Waals surface area contributed by atoms with Gasteiger partial charge in [-0.3, -0.25) is 34.2 Å². The number of benzene rings is 1. The van der Waals surface area contributed by atoms with Crippen molar-refractivity contribution in [2.24, 2.45) is 5.73 Å². The van der Waals surface area contributed by atoms with Gasteiger partial charge in [0.05, 0.1) is 11.1 Å². The average Bonchev–Trinajstić information content (AvgIpc) is 2.85. The number of halogens is 1. The lowest BCUT2D eigenvalue weighted by Crippen LogP contribution is -2.54. The van der Waals surface area contributed by atoms with Crippen LogP contribution in [0.2, 0.25) is 0 Å². The summed E-state index contributed by atoms with van der Waals surface area (Å²) in [6.07, 6.45) is 0.314. The van der Waals surface area contributed by atoms with E-state index in [-0.39, 0.29) is 61.8 Å². The molecule has 3 rings (SSSR count). The molecular weight excluding hydrogens is 376 g/mol. The highest BCUT2D eigenvalue weighted by Gasteiger charge is 2.45. The molecule has 27 heavy (non-hydrogen) atoms. The van der Waals surface area contributed by atoms with Gasteiger partial charge in [-0.2, -0.15) is 0 Å². The van der Waals surface area contributed by atoms with E-state index < -0.39 is 29.7 Å². The minimum atomic E-state index is -1.01. The van der Waals surface area contributed by atoms with E-state index in [0.717, 1.165) is 4.90 Å². The summed E-state index contributed by atoms with van der Waals surface area (Å²) in [6, 6.07) is 3.75. The van der Waals surface area contributed by atoms with Crippen LogP contribution in [0, 0.1) is 0 Å². The molecule has 4 N–H and O–H groups in total. The van der Waals surface area contributed by atoms with E-state index in [1.165, 1.54) is 6.07 Å². The topological polar surface area (TPSA) is 139 Å². The molecule has 1 aromatic rings. The van der Waals surface area contributed by atoms with Crippen LogP contribution in [0.15, 0.2) is 18.2 Å². The first-order chi connectivity index (χ1) is 12.4. The number of piperidine rings is 1. The Morgan fingerprint density at radius 1 is 1.22 bits per heavy atom. The molecule has 2 heterocycles. The highest BCUT2D eigenvalue weighted by Crippen LogP contribution is 2.29. The summed E-state index contributed by atoms with van der Waals surface area (Å²) in [6.45, 7) is 0.281. The van der Waals surface area contributed by atoms with Crippen LogP contribution in [0.3, 0.4) is 0 Å². The van der Waals surface area contributed by atoms with Crippen LogP contribution in [0.1, 0.15) is 45.5 Å². The lowest BCUT2D eigenvalue weighted by molar-refractivity contribution is -0.136. The number of fused-ring (bicyclic) bond motifs is 1. The molecule has 0 aliphatic carbocycles. The Morgan fingerprint density at radius 2 is 1.96 bits per heavy atom. The van der Waals surface area contributed by atoms with Crippen LogP contribution in [0.5, 0.6) is 0 Å². The van der Waals surface area contributed by atoms with Gasteiger partial charge >= 0.3 is 0 Å². The highest BCUT2D eigenvalue weighted by molar-refractivity contribution is 6.24. The second-order valence-electron chi connectivity index (χ2n) is 6.10. The number of rotatable bonds is 5. The van der Waals surface area contributed by atoms with Gasteiger partial charge < -0.3 is 11.1 Å². The normalized spacial score (nSPS) is 18.7. The summed E-state index contributed by atoms with van der Waals surface area (Å²) in [5.74, 6) is -2.51. The van der Waals surface area contributed by atoms with E-state index >= 15 is 0 Å². The van der Waals surface area contributed by atoms with Crippen molar-refractivity contribution in [3.63, 3.8) is 0 Å². The van der Waals surface area contributed by atoms with Crippen LogP contribution in [-0.2, 0) is 20.9 Å². The van der Waals surface area contributed by atoms with Crippen molar-refractivity contribution in [3.05, 3.63) is 34.9 Å². The third-order valence-corrected chi connectivity index (χ3v) is 4.40. The number of amides is 5. The average molecular weight is 395 g/mol. The third-order valence-electron chi connectivity index (χ3n) is 4.40. The molecule has 0 radical (unpaired) electrons. The quantitative estimate of drug-likeness (QED) is 0.574. The van der Waals surface area contributed by atoms with Crippen LogP contribution >= 0.6 is 12.4 Å². The molecule has 1 unspecified atom stereocenters. The number of carbonyl (C=O) groups excluding carboxylic acids is 5. The van der Waals surface area contributed by atoms with Crippen molar-refractivity contribution >= 4 is 41.9 Å². The smallest absolute Gasteiger partial charge is 0.262 e. The SMILES string of the molecule is Cl.NCCC(=O)NCc1cccc2c1C(=O)N(C1CCC(=O)NC1=O)C2=O. The van der Waals surface area contributed by atoms with Gasteiger partial charge in [-0.05, 0) is 18.1 Å². The summed E-state index contributed by atoms with van der Waals surface area (Å²) in [5, 5.41) is 4.80. The Kier molecular flexibility index (Phi) is 6.29. The molecule has 2 aliphatic heterocycles. The van der Waals surface area contributed by atoms with E-state index in [2.05, 4.69) is 10.6 Å². The first kappa shape index (κ1) is 20.5. The van der Waals surface area contributed by atoms with Gasteiger partial charge in [0.15, 0.2) is 0 Å². The van der Waals surface area contributed by atoms with E-state index in [1.54, 1.807) is 12.1 Å². The van der Waals surface area contributed by atoms with E-state index in [4.69, 9.17) is 5.73 Å². The highest BCUT2D eigenvalue weighted by atomic mass is 35.5. The van der Waals surface area contributed by atoms with Crippen molar-refractivity contribution in [2.75, 3.05) is 6.54 Å². The van der Waals surface area contributed by atoms with Crippen LogP contribution in [-0.4, -0.2) is 47.0 Å². The van der Waals surface area contributed by atoms with E-state index in [1.807, 2.05) is 0 Å². The fraction of sp³-hybridized carbons (Fsp3) is 0.353. The van der Waals surface area contributed by atoms with Gasteiger partial charge in [0.25, 0.3) is 11.8 Å². The fourth-order valence-corrected chi connectivity index (χ4v) is 3.15. The number of hydrogen-bond acceptors (Lipinski definition) is 6. The maximum absolute atomic E-state index is 12.8. The molecule has 9 nitrogen and oxygen atoms in total. The largest absolute Gasteiger partial charge is 0.352 e. The number of nitrogens with two attached hydrogens (primary N) is 1. The Balaban J connectivity index is 0.00000261. The molecule has 1 saturated heterocycles. The first-order valence-corrected chi connectivity index (χ1v) is 8.24. The van der Waals surface area contributed by atoms with Crippen LogP contribution in [0.25, 0.3) is 0 Å². The molecule has 0 aromatic heterocycles. The maximum atomic E-state index is 12.8. The lowest BCUT2D eigenvalue weighted by Gasteiger charge is -2.27. The summed E-state index contributed by atoms with van der Waals surface area (Å²) >= 11 is 0. The molecule has 0 bridgehead atoms. The second-order valence-corrected chi connectivity index (χ2v) is 6.10. The van der Waals surface area contributed by atoms with Gasteiger partial charge in [0, 0.05) is 25.9 Å². The van der Waals surface area contributed by atoms with E-state index in [0.29, 0.717) is 5.56 Å². The zero-order valence-corrected chi connectivity index (χ0v) is 15.1. The summed E-state index contributed by atoms with van der Waals surface area (Å²) in [7, 11) is 0. The van der Waals surface area contributed by atoms with Gasteiger partial charge in [-0.1, -0.05) is 12.1 Å². The Hall–Kier alpha value is -2.78. The van der Waals surface area contributed by atoms with Crippen molar-refractivity contribution in [1.29, 1.82) is 0 Å². The number of imide groups is 2. The number of hydrogen-bond donors (Lipinski definition) is 3. The predicted octanol–water partition coefficient (Wildman–Crippen LogP) is -0.525. The monoisotopic (exact) mass is 394 g/mol. The number of nitrogens with one attached hydrogen (secondary N) is 2. The van der Waals surface area contributed by atoms with Gasteiger partial charge in [0.2, 0.25) is 17.7 Å². The minimum Gasteiger partial charge on any atom is -0.352 e. The van der Waals surface area contributed by atoms with Gasteiger partial charge in [-0.25, -0.2) is 0 Å². The Labute approximate surface area is 161 Å². The van der Waals surface area contributed by atoms with E-state index in [9.17, 15) is 24.0 Å². The zero-order chi connectivity index (χ0) is 18.8. The standard InChI is InChI=1S/C17H18N4O5.ClH/c18-7-6-12(22)19-8-9-2-1-3-10-14(9)17(26)21(16(10)25)11-4-5-13(23)20-15(11)24;/h1-3,11H,4-8,18H2,(H,19,22)(H,20,23,24);1H. The molecule has 1 fully saturated rings. The van der Waals surface area contributed by atoms with Crippen molar-refractivity contribution < 1.29 is 24.0 Å². The maximum Gasteiger partial charge on any atom is 0.262 e. The number of carbonyl (C=O) groups is 5. The minimum absolute atomic E-state index is 0. The molecule has 10 heteroatoms. The molecule has 0 saturated carbocycles. The zero-order valence-electron chi connectivity index (χ0n) is 14.3. The molecule has 2 aliphatic rings. The van der Waals surface area contributed by atoms with Crippen LogP contribution < -0.4 is 16.4 Å². The summed E-state index contributed by atoms with van der Waals surface area (Å²) in [4.78, 5) is 61.4. The molecule has 5 amide bonds. The summed E-state index contributed by atoms with van der Waals surface area (Å²) < 4.78 is 0. The predicted molar refractivity (Wildman–Crippen MR) is 95.9 cm³/mol. The van der Waals surface area contributed by atoms with Crippen molar-refractivity contribution in [3.8, 4) is 0 Å². The Morgan fingerprint density at radius 3 is 2.63 bits per heavy atom. The third kappa shape index (κ3) is 3.83. The van der Waals surface area contributed by atoms with Gasteiger partial charge in [0.1, 0.15) is 6.04 Å². The fourth-order valence-electron chi connectivity index (χ4n) is 3.15. The lowest BCUT2D eigenvalue weighted by atomic mass is 10.0. The molecular formula is C17H19ClN4O5. The first-order valence-electron chi connectivity index (χ1n) is 8.24. The van der Waals surface area contributed by atoms with Crippen molar-refractivity contribution in [1.82, 2.24) is 15.5 Å². The molecule has 1 aromatic carbocycles. The van der Waals surface area contributed by atoms with Crippen LogP contribution in [0.4, 0.5) is 0 Å². The molecule has 0 spiro atoms. The number of nitrogens with zero attached hydrogens (tertiary/aromatic N) is 1. The van der Waals surface area contributed by atoms with Gasteiger partial charge in [-0.15, -0.1) is 12.4 Å². The molecule has 144 valence electrons. The van der Waals surface area contributed by atoms with Crippen molar-refractivity contribution in [2.45, 2.75) is 31.8 Å².